The first-order valence-corrected chi connectivity index (χ1v) is 12.1. The summed E-state index contributed by atoms with van der Waals surface area (Å²) in [5, 5.41) is 9.84. The van der Waals surface area contributed by atoms with Gasteiger partial charge in [-0.1, -0.05) is 24.3 Å². The highest BCUT2D eigenvalue weighted by Crippen LogP contribution is 2.24. The zero-order valence-corrected chi connectivity index (χ0v) is 19.6. The summed E-state index contributed by atoms with van der Waals surface area (Å²) in [6, 6.07) is 17.7. The average Bonchev–Trinajstić information content (AvgIpc) is 2.93. The van der Waals surface area contributed by atoms with Crippen LogP contribution in [-0.2, 0) is 4.79 Å². The van der Waals surface area contributed by atoms with E-state index >= 15 is 0 Å². The summed E-state index contributed by atoms with van der Waals surface area (Å²) >= 11 is 0. The van der Waals surface area contributed by atoms with E-state index in [1.54, 1.807) is 23.2 Å². The van der Waals surface area contributed by atoms with Crippen LogP contribution >= 0.6 is 0 Å². The number of nitrogens with zero attached hydrogens (tertiary/aromatic N) is 6. The number of hydrogen-bond acceptors (Lipinski definition) is 6. The molecule has 2 fully saturated rings. The molecule has 0 spiro atoms. The van der Waals surface area contributed by atoms with E-state index in [1.807, 2.05) is 30.3 Å². The predicted molar refractivity (Wildman–Crippen MR) is 136 cm³/mol. The number of carbonyl (C=O) groups is 1. The molecule has 4 heterocycles. The number of aromatic nitrogens is 2. The Morgan fingerprint density at radius 3 is 2.29 bits per heavy atom. The molecule has 2 aromatic heterocycles. The van der Waals surface area contributed by atoms with Crippen molar-refractivity contribution in [1.29, 1.82) is 5.26 Å². The van der Waals surface area contributed by atoms with Crippen molar-refractivity contribution in [3.8, 4) is 6.07 Å². The van der Waals surface area contributed by atoms with Gasteiger partial charge < -0.3 is 14.7 Å². The topological polar surface area (TPSA) is 85.0 Å². The SMILES string of the molecule is N#CC(=Cc1c(N2CCN(c3ccccc3)CC2)nc2ccccn2c1=O)C(=O)N1CCCCC1. The third-order valence-corrected chi connectivity index (χ3v) is 6.73. The first kappa shape index (κ1) is 22.7. The van der Waals surface area contributed by atoms with Gasteiger partial charge in [0.2, 0.25) is 0 Å². The summed E-state index contributed by atoms with van der Waals surface area (Å²) in [6.07, 6.45) is 6.07. The molecule has 35 heavy (non-hydrogen) atoms. The van der Waals surface area contributed by atoms with E-state index in [0.717, 1.165) is 38.0 Å². The second kappa shape index (κ2) is 10.0. The molecule has 0 unspecified atom stereocenters. The van der Waals surface area contributed by atoms with Gasteiger partial charge in [0.1, 0.15) is 23.1 Å². The molecular formula is C27H28N6O2. The fraction of sp³-hybridized carbons (Fsp3) is 0.333. The molecule has 0 saturated carbocycles. The number of nitriles is 1. The lowest BCUT2D eigenvalue weighted by atomic mass is 10.1. The molecule has 178 valence electrons. The van der Waals surface area contributed by atoms with Crippen molar-refractivity contribution in [3.63, 3.8) is 0 Å². The van der Waals surface area contributed by atoms with Crippen LogP contribution in [-0.4, -0.2) is 59.5 Å². The highest BCUT2D eigenvalue weighted by molar-refractivity contribution is 6.02. The molecule has 8 heteroatoms. The Morgan fingerprint density at radius 1 is 0.886 bits per heavy atom. The van der Waals surface area contributed by atoms with Gasteiger partial charge in [0, 0.05) is 51.2 Å². The van der Waals surface area contributed by atoms with E-state index in [4.69, 9.17) is 4.98 Å². The van der Waals surface area contributed by atoms with Gasteiger partial charge in [-0.05, 0) is 49.6 Å². The van der Waals surface area contributed by atoms with Crippen LogP contribution in [0.4, 0.5) is 11.5 Å². The van der Waals surface area contributed by atoms with E-state index in [0.29, 0.717) is 37.6 Å². The summed E-state index contributed by atoms with van der Waals surface area (Å²) in [7, 11) is 0. The van der Waals surface area contributed by atoms with Crippen molar-refractivity contribution < 1.29 is 4.79 Å². The quantitative estimate of drug-likeness (QED) is 0.432. The second-order valence-corrected chi connectivity index (χ2v) is 8.92. The Balaban J connectivity index is 1.51. The largest absolute Gasteiger partial charge is 0.368 e. The maximum atomic E-state index is 13.5. The third kappa shape index (κ3) is 4.62. The zero-order chi connectivity index (χ0) is 24.2. The number of rotatable bonds is 4. The Kier molecular flexibility index (Phi) is 6.49. The maximum absolute atomic E-state index is 13.5. The van der Waals surface area contributed by atoms with Gasteiger partial charge in [-0.15, -0.1) is 0 Å². The minimum Gasteiger partial charge on any atom is -0.368 e. The van der Waals surface area contributed by atoms with Crippen LogP contribution in [0.5, 0.6) is 0 Å². The highest BCUT2D eigenvalue weighted by Gasteiger charge is 2.25. The van der Waals surface area contributed by atoms with Gasteiger partial charge in [0.25, 0.3) is 11.5 Å². The lowest BCUT2D eigenvalue weighted by Crippen LogP contribution is -2.47. The van der Waals surface area contributed by atoms with Crippen LogP contribution in [0.1, 0.15) is 24.8 Å². The molecular weight excluding hydrogens is 440 g/mol. The molecule has 0 bridgehead atoms. The number of fused-ring (bicyclic) bond motifs is 1. The van der Waals surface area contributed by atoms with Crippen molar-refractivity contribution in [1.82, 2.24) is 14.3 Å². The summed E-state index contributed by atoms with van der Waals surface area (Å²) < 4.78 is 1.47. The monoisotopic (exact) mass is 468 g/mol. The van der Waals surface area contributed by atoms with Gasteiger partial charge in [-0.25, -0.2) is 4.98 Å². The number of para-hydroxylation sites is 1. The Labute approximate surface area is 204 Å². The van der Waals surface area contributed by atoms with Gasteiger partial charge >= 0.3 is 0 Å². The van der Waals surface area contributed by atoms with Crippen molar-refractivity contribution in [3.05, 3.63) is 76.2 Å². The van der Waals surface area contributed by atoms with Gasteiger partial charge in [-0.2, -0.15) is 5.26 Å². The number of anilines is 2. The predicted octanol–water partition coefficient (Wildman–Crippen LogP) is 2.94. The summed E-state index contributed by atoms with van der Waals surface area (Å²) in [5.41, 5.74) is 1.68. The number of amides is 1. The van der Waals surface area contributed by atoms with Crippen LogP contribution < -0.4 is 15.4 Å². The molecule has 8 nitrogen and oxygen atoms in total. The summed E-state index contributed by atoms with van der Waals surface area (Å²) in [4.78, 5) is 37.5. The van der Waals surface area contributed by atoms with Gasteiger partial charge in [0.05, 0.1) is 5.56 Å². The molecule has 1 amide bonds. The molecule has 0 N–H and O–H groups in total. The third-order valence-electron chi connectivity index (χ3n) is 6.73. The first-order chi connectivity index (χ1) is 17.2. The fourth-order valence-corrected chi connectivity index (χ4v) is 4.83. The fourth-order valence-electron chi connectivity index (χ4n) is 4.83. The lowest BCUT2D eigenvalue weighted by molar-refractivity contribution is -0.127. The number of likely N-dealkylation sites (tertiary alicyclic amines) is 1. The van der Waals surface area contributed by atoms with Gasteiger partial charge in [-0.3, -0.25) is 14.0 Å². The Morgan fingerprint density at radius 2 is 1.57 bits per heavy atom. The molecule has 3 aromatic rings. The van der Waals surface area contributed by atoms with Crippen LogP contribution in [0.15, 0.2) is 65.1 Å². The standard InChI is InChI=1S/C27H28N6O2/c28-20-21(26(34)32-12-6-2-7-13-32)19-23-25(29-24-11-5-8-14-33(24)27(23)35)31-17-15-30(16-18-31)22-9-3-1-4-10-22/h1,3-5,8-11,14,19H,2,6-7,12-13,15-18H2. The smallest absolute Gasteiger partial charge is 0.267 e. The minimum absolute atomic E-state index is 0.0224. The minimum atomic E-state index is -0.315. The van der Waals surface area contributed by atoms with Crippen molar-refractivity contribution in [2.45, 2.75) is 19.3 Å². The number of piperazine rings is 1. The maximum Gasteiger partial charge on any atom is 0.267 e. The van der Waals surface area contributed by atoms with Gasteiger partial charge in [0.15, 0.2) is 0 Å². The Bertz CT molecular complexity index is 1340. The molecule has 0 atom stereocenters. The van der Waals surface area contributed by atoms with E-state index in [-0.39, 0.29) is 22.6 Å². The molecule has 0 aliphatic carbocycles. The molecule has 2 aliphatic rings. The lowest BCUT2D eigenvalue weighted by Gasteiger charge is -2.37. The highest BCUT2D eigenvalue weighted by atomic mass is 16.2. The normalized spacial score (nSPS) is 16.9. The number of hydrogen-bond donors (Lipinski definition) is 0. The molecule has 2 aliphatic heterocycles. The van der Waals surface area contributed by atoms with Crippen molar-refractivity contribution in [2.75, 3.05) is 49.1 Å². The van der Waals surface area contributed by atoms with E-state index in [1.165, 1.54) is 10.5 Å². The van der Waals surface area contributed by atoms with Crippen LogP contribution in [0, 0.1) is 11.3 Å². The van der Waals surface area contributed by atoms with Crippen LogP contribution in [0.25, 0.3) is 11.7 Å². The molecule has 1 aromatic carbocycles. The molecule has 2 saturated heterocycles. The number of carbonyl (C=O) groups excluding carboxylic acids is 1. The average molecular weight is 469 g/mol. The second-order valence-electron chi connectivity index (χ2n) is 8.92. The first-order valence-electron chi connectivity index (χ1n) is 12.1. The number of benzene rings is 1. The molecule has 0 radical (unpaired) electrons. The van der Waals surface area contributed by atoms with Crippen LogP contribution in [0.3, 0.4) is 0 Å². The van der Waals surface area contributed by atoms with Crippen LogP contribution in [0.2, 0.25) is 0 Å². The molecule has 5 rings (SSSR count). The summed E-state index contributed by atoms with van der Waals surface area (Å²) in [6.45, 7) is 4.18. The van der Waals surface area contributed by atoms with E-state index in [9.17, 15) is 14.9 Å². The summed E-state index contributed by atoms with van der Waals surface area (Å²) in [5.74, 6) is 0.206. The number of piperidine rings is 1. The van der Waals surface area contributed by atoms with Crippen molar-refractivity contribution in [2.24, 2.45) is 0 Å². The van der Waals surface area contributed by atoms with E-state index in [2.05, 4.69) is 21.9 Å². The van der Waals surface area contributed by atoms with Crippen molar-refractivity contribution >= 4 is 29.1 Å². The Hall–Kier alpha value is -4.12. The van der Waals surface area contributed by atoms with E-state index < -0.39 is 0 Å². The zero-order valence-electron chi connectivity index (χ0n) is 19.6. The number of pyridine rings is 1.